The van der Waals surface area contributed by atoms with Crippen molar-refractivity contribution in [3.8, 4) is 0 Å². The summed E-state index contributed by atoms with van der Waals surface area (Å²) in [6.45, 7) is 1.37. The Morgan fingerprint density at radius 1 is 1.23 bits per heavy atom. The second-order valence-electron chi connectivity index (χ2n) is 7.05. The van der Waals surface area contributed by atoms with Crippen LogP contribution in [0.4, 0.5) is 11.4 Å². The minimum Gasteiger partial charge on any atom is -0.454 e. The number of hydrogen-bond donors (Lipinski definition) is 1. The van der Waals surface area contributed by atoms with Gasteiger partial charge in [-0.05, 0) is 38.0 Å². The maximum atomic E-state index is 12.9. The van der Waals surface area contributed by atoms with Crippen LogP contribution in [-0.2, 0) is 24.3 Å². The Hall–Kier alpha value is -3.31. The van der Waals surface area contributed by atoms with Crippen LogP contribution in [0, 0.1) is 17.0 Å². The van der Waals surface area contributed by atoms with Crippen molar-refractivity contribution < 1.29 is 27.7 Å². The third-order valence-electron chi connectivity index (χ3n) is 4.79. The zero-order valence-corrected chi connectivity index (χ0v) is 17.5. The average Bonchev–Trinajstić information content (AvgIpc) is 3.23. The zero-order chi connectivity index (χ0) is 22.6. The Kier molecular flexibility index (Phi) is 6.66. The SMILES string of the molecule is Cc1ccc(S(=O)(=O)N2CCC[C@H]2C(=O)OCC(=O)Nc2cccc([N+](=O)[O-])c2)cc1. The van der Waals surface area contributed by atoms with Crippen LogP contribution in [0.3, 0.4) is 0 Å². The molecule has 0 unspecified atom stereocenters. The Bertz CT molecular complexity index is 1100. The molecule has 0 saturated carbocycles. The van der Waals surface area contributed by atoms with E-state index in [1.54, 1.807) is 12.1 Å². The number of amides is 1. The van der Waals surface area contributed by atoms with Gasteiger partial charge < -0.3 is 10.1 Å². The van der Waals surface area contributed by atoms with Crippen LogP contribution in [0.25, 0.3) is 0 Å². The van der Waals surface area contributed by atoms with Crippen molar-refractivity contribution in [2.75, 3.05) is 18.5 Å². The van der Waals surface area contributed by atoms with Gasteiger partial charge in [0.25, 0.3) is 11.6 Å². The lowest BCUT2D eigenvalue weighted by molar-refractivity contribution is -0.384. The summed E-state index contributed by atoms with van der Waals surface area (Å²) in [6.07, 6.45) is 0.779. The summed E-state index contributed by atoms with van der Waals surface area (Å²) in [5.41, 5.74) is 0.892. The van der Waals surface area contributed by atoms with Gasteiger partial charge >= 0.3 is 5.97 Å². The highest BCUT2D eigenvalue weighted by molar-refractivity contribution is 7.89. The number of sulfonamides is 1. The number of nitro benzene ring substituents is 1. The lowest BCUT2D eigenvalue weighted by Crippen LogP contribution is -2.42. The van der Waals surface area contributed by atoms with Crippen LogP contribution in [0.5, 0.6) is 0 Å². The van der Waals surface area contributed by atoms with Gasteiger partial charge in [0, 0.05) is 24.4 Å². The number of aryl methyl sites for hydroxylation is 1. The molecule has 0 aromatic heterocycles. The Balaban J connectivity index is 1.62. The van der Waals surface area contributed by atoms with Gasteiger partial charge in [0.15, 0.2) is 6.61 Å². The van der Waals surface area contributed by atoms with Gasteiger partial charge in [-0.15, -0.1) is 0 Å². The molecule has 1 aliphatic heterocycles. The van der Waals surface area contributed by atoms with Gasteiger partial charge in [0.05, 0.1) is 9.82 Å². The fourth-order valence-electron chi connectivity index (χ4n) is 3.24. The van der Waals surface area contributed by atoms with E-state index in [2.05, 4.69) is 5.32 Å². The molecule has 1 N–H and O–H groups in total. The first kappa shape index (κ1) is 22.4. The molecule has 31 heavy (non-hydrogen) atoms. The van der Waals surface area contributed by atoms with Gasteiger partial charge in [-0.2, -0.15) is 4.31 Å². The first-order valence-electron chi connectivity index (χ1n) is 9.48. The molecule has 1 heterocycles. The van der Waals surface area contributed by atoms with Gasteiger partial charge in [0.2, 0.25) is 10.0 Å². The highest BCUT2D eigenvalue weighted by Crippen LogP contribution is 2.27. The van der Waals surface area contributed by atoms with Crippen LogP contribution in [0.15, 0.2) is 53.4 Å². The normalized spacial score (nSPS) is 16.6. The summed E-state index contributed by atoms with van der Waals surface area (Å²) in [5, 5.41) is 13.2. The smallest absolute Gasteiger partial charge is 0.324 e. The third-order valence-corrected chi connectivity index (χ3v) is 6.71. The molecule has 0 bridgehead atoms. The van der Waals surface area contributed by atoms with Crippen LogP contribution in [-0.4, -0.2) is 48.7 Å². The van der Waals surface area contributed by atoms with Crippen molar-refractivity contribution in [2.24, 2.45) is 0 Å². The van der Waals surface area contributed by atoms with Crippen molar-refractivity contribution in [2.45, 2.75) is 30.7 Å². The van der Waals surface area contributed by atoms with Crippen molar-refractivity contribution in [1.29, 1.82) is 0 Å². The molecule has 10 nitrogen and oxygen atoms in total. The van der Waals surface area contributed by atoms with Crippen molar-refractivity contribution >= 4 is 33.3 Å². The Labute approximate surface area is 179 Å². The third kappa shape index (κ3) is 5.25. The number of hydrogen-bond acceptors (Lipinski definition) is 7. The molecular formula is C20H21N3O7S. The second-order valence-corrected chi connectivity index (χ2v) is 8.94. The first-order chi connectivity index (χ1) is 14.7. The van der Waals surface area contributed by atoms with Crippen molar-refractivity contribution in [3.63, 3.8) is 0 Å². The molecule has 2 aromatic rings. The predicted octanol–water partition coefficient (Wildman–Crippen LogP) is 2.24. The summed E-state index contributed by atoms with van der Waals surface area (Å²) in [4.78, 5) is 34.8. The monoisotopic (exact) mass is 447 g/mol. The predicted molar refractivity (Wildman–Crippen MR) is 111 cm³/mol. The minimum absolute atomic E-state index is 0.0845. The number of esters is 1. The number of ether oxygens (including phenoxy) is 1. The molecule has 11 heteroatoms. The summed E-state index contributed by atoms with van der Waals surface area (Å²) in [6, 6.07) is 10.6. The number of anilines is 1. The van der Waals surface area contributed by atoms with Gasteiger partial charge in [-0.25, -0.2) is 8.42 Å². The van der Waals surface area contributed by atoms with Crippen LogP contribution in [0.2, 0.25) is 0 Å². The lowest BCUT2D eigenvalue weighted by atomic mass is 10.2. The molecule has 3 rings (SSSR count). The average molecular weight is 447 g/mol. The number of carbonyl (C=O) groups excluding carboxylic acids is 2. The molecule has 2 aromatic carbocycles. The van der Waals surface area contributed by atoms with Crippen LogP contribution in [0.1, 0.15) is 18.4 Å². The maximum absolute atomic E-state index is 12.9. The molecule has 1 atom stereocenters. The summed E-state index contributed by atoms with van der Waals surface area (Å²) < 4.78 is 31.9. The van der Waals surface area contributed by atoms with E-state index >= 15 is 0 Å². The van der Waals surface area contributed by atoms with Gasteiger partial charge in [-0.3, -0.25) is 19.7 Å². The van der Waals surface area contributed by atoms with E-state index in [0.717, 1.165) is 9.87 Å². The standard InChI is InChI=1S/C20H21N3O7S/c1-14-7-9-17(10-8-14)31(28,29)22-11-3-6-18(22)20(25)30-13-19(24)21-15-4-2-5-16(12-15)23(26)27/h2,4-5,7-10,12,18H,3,6,11,13H2,1H3,(H,21,24)/t18-/m0/s1. The van der Waals surface area contributed by atoms with Crippen molar-refractivity contribution in [1.82, 2.24) is 4.31 Å². The molecule has 1 amide bonds. The van der Waals surface area contributed by atoms with E-state index in [1.807, 2.05) is 6.92 Å². The molecule has 164 valence electrons. The number of nitrogens with zero attached hydrogens (tertiary/aromatic N) is 2. The fourth-order valence-corrected chi connectivity index (χ4v) is 4.88. The second kappa shape index (κ2) is 9.23. The summed E-state index contributed by atoms with van der Waals surface area (Å²) in [5.74, 6) is -1.51. The molecule has 1 fully saturated rings. The number of rotatable bonds is 7. The van der Waals surface area contributed by atoms with Crippen LogP contribution < -0.4 is 5.32 Å². The number of nitro groups is 1. The van der Waals surface area contributed by atoms with Crippen molar-refractivity contribution in [3.05, 3.63) is 64.2 Å². The largest absolute Gasteiger partial charge is 0.454 e. The minimum atomic E-state index is -3.88. The van der Waals surface area contributed by atoms with E-state index in [4.69, 9.17) is 4.74 Å². The zero-order valence-electron chi connectivity index (χ0n) is 16.7. The fraction of sp³-hybridized carbons (Fsp3) is 0.300. The first-order valence-corrected chi connectivity index (χ1v) is 10.9. The van der Waals surface area contributed by atoms with Gasteiger partial charge in [0.1, 0.15) is 6.04 Å². The number of nitrogens with one attached hydrogen (secondary N) is 1. The lowest BCUT2D eigenvalue weighted by Gasteiger charge is -2.22. The van der Waals surface area contributed by atoms with E-state index in [9.17, 15) is 28.1 Å². The highest BCUT2D eigenvalue weighted by atomic mass is 32.2. The summed E-state index contributed by atoms with van der Waals surface area (Å²) in [7, 11) is -3.88. The highest BCUT2D eigenvalue weighted by Gasteiger charge is 2.40. The number of non-ortho nitro benzene ring substituents is 1. The Morgan fingerprint density at radius 2 is 1.94 bits per heavy atom. The molecule has 1 saturated heterocycles. The number of benzene rings is 2. The topological polar surface area (TPSA) is 136 Å². The van der Waals surface area contributed by atoms with Crippen LogP contribution >= 0.6 is 0 Å². The van der Waals surface area contributed by atoms with Gasteiger partial charge in [-0.1, -0.05) is 23.8 Å². The Morgan fingerprint density at radius 3 is 2.61 bits per heavy atom. The molecule has 0 aliphatic carbocycles. The van der Waals surface area contributed by atoms with E-state index in [-0.39, 0.29) is 29.2 Å². The molecule has 1 aliphatic rings. The molecule has 0 spiro atoms. The number of carbonyl (C=O) groups is 2. The van der Waals surface area contributed by atoms with E-state index in [1.165, 1.54) is 36.4 Å². The van der Waals surface area contributed by atoms with E-state index < -0.39 is 39.5 Å². The molecular weight excluding hydrogens is 426 g/mol. The quantitative estimate of drug-likeness (QED) is 0.390. The van der Waals surface area contributed by atoms with E-state index in [0.29, 0.717) is 6.42 Å². The maximum Gasteiger partial charge on any atom is 0.324 e. The summed E-state index contributed by atoms with van der Waals surface area (Å²) >= 11 is 0. The molecule has 0 radical (unpaired) electrons.